The molecule has 5 heteroatoms. The summed E-state index contributed by atoms with van der Waals surface area (Å²) < 4.78 is 11.0. The van der Waals surface area contributed by atoms with Crippen LogP contribution >= 0.6 is 12.6 Å². The Morgan fingerprint density at radius 3 is 2.76 bits per heavy atom. The summed E-state index contributed by atoms with van der Waals surface area (Å²) in [5, 5.41) is 2.42. The summed E-state index contributed by atoms with van der Waals surface area (Å²) in [6.07, 6.45) is 0.865. The van der Waals surface area contributed by atoms with Gasteiger partial charge in [-0.2, -0.15) is 12.6 Å². The summed E-state index contributed by atoms with van der Waals surface area (Å²) in [7, 11) is 0. The molecule has 1 aromatic rings. The van der Waals surface area contributed by atoms with Crippen molar-refractivity contribution in [3.63, 3.8) is 0 Å². The zero-order valence-corrected chi connectivity index (χ0v) is 10.5. The van der Waals surface area contributed by atoms with Gasteiger partial charge in [-0.3, -0.25) is 4.79 Å². The molecule has 0 radical (unpaired) electrons. The monoisotopic (exact) mass is 253 g/mol. The smallest absolute Gasteiger partial charge is 0.236 e. The fourth-order valence-electron chi connectivity index (χ4n) is 1.49. The van der Waals surface area contributed by atoms with Gasteiger partial charge in [0.15, 0.2) is 11.5 Å². The molecule has 0 saturated carbocycles. The molecule has 1 N–H and O–H groups in total. The van der Waals surface area contributed by atoms with Gasteiger partial charge in [0.2, 0.25) is 5.91 Å². The molecule has 0 spiro atoms. The third kappa shape index (κ3) is 3.06. The van der Waals surface area contributed by atoms with Crippen LogP contribution in [-0.4, -0.2) is 24.4 Å². The highest BCUT2D eigenvalue weighted by Gasteiger charge is 2.13. The van der Waals surface area contributed by atoms with Crippen LogP contribution < -0.4 is 14.8 Å². The van der Waals surface area contributed by atoms with Gasteiger partial charge in [-0.1, -0.05) is 0 Å². The minimum absolute atomic E-state index is 0.136. The maximum Gasteiger partial charge on any atom is 0.236 e. The van der Waals surface area contributed by atoms with Crippen LogP contribution in [0, 0.1) is 0 Å². The molecular formula is C12H15NO3S. The third-order valence-corrected chi connectivity index (χ3v) is 2.63. The quantitative estimate of drug-likeness (QED) is 0.794. The van der Waals surface area contributed by atoms with Gasteiger partial charge in [-0.05, 0) is 19.1 Å². The van der Waals surface area contributed by atoms with E-state index in [9.17, 15) is 4.79 Å². The van der Waals surface area contributed by atoms with Crippen molar-refractivity contribution < 1.29 is 14.3 Å². The molecule has 2 rings (SSSR count). The second-order valence-corrected chi connectivity index (χ2v) is 4.65. The van der Waals surface area contributed by atoms with Gasteiger partial charge in [0.05, 0.1) is 18.5 Å². The fourth-order valence-corrected chi connectivity index (χ4v) is 1.55. The van der Waals surface area contributed by atoms with E-state index in [0.717, 1.165) is 12.2 Å². The Labute approximate surface area is 106 Å². The average Bonchev–Trinajstić information content (AvgIpc) is 2.53. The van der Waals surface area contributed by atoms with Gasteiger partial charge in [0.1, 0.15) is 0 Å². The van der Waals surface area contributed by atoms with Crippen LogP contribution in [0.2, 0.25) is 0 Å². The van der Waals surface area contributed by atoms with E-state index in [1.807, 2.05) is 0 Å². The van der Waals surface area contributed by atoms with Crippen molar-refractivity contribution >= 4 is 24.2 Å². The lowest BCUT2D eigenvalue weighted by Gasteiger charge is -2.11. The number of carbonyl (C=O) groups excluding carboxylic acids is 1. The molecule has 1 unspecified atom stereocenters. The van der Waals surface area contributed by atoms with Gasteiger partial charge < -0.3 is 14.8 Å². The van der Waals surface area contributed by atoms with Crippen LogP contribution in [0.5, 0.6) is 11.5 Å². The Morgan fingerprint density at radius 1 is 1.35 bits per heavy atom. The van der Waals surface area contributed by atoms with Crippen LogP contribution in [0.25, 0.3) is 0 Å². The Hall–Kier alpha value is -1.36. The number of amides is 1. The molecule has 17 heavy (non-hydrogen) atoms. The Kier molecular flexibility index (Phi) is 3.78. The van der Waals surface area contributed by atoms with E-state index in [4.69, 9.17) is 9.47 Å². The number of thiol groups is 1. The van der Waals surface area contributed by atoms with Crippen molar-refractivity contribution in [3.05, 3.63) is 18.2 Å². The molecule has 92 valence electrons. The van der Waals surface area contributed by atoms with Gasteiger partial charge >= 0.3 is 0 Å². The van der Waals surface area contributed by atoms with Crippen molar-refractivity contribution in [1.29, 1.82) is 0 Å². The molecule has 1 heterocycles. The van der Waals surface area contributed by atoms with Crippen molar-refractivity contribution in [2.75, 3.05) is 18.5 Å². The second-order valence-electron chi connectivity index (χ2n) is 3.88. The molecule has 0 aromatic heterocycles. The Balaban J connectivity index is 2.15. The molecule has 1 atom stereocenters. The van der Waals surface area contributed by atoms with Gasteiger partial charge in [-0.25, -0.2) is 0 Å². The first kappa shape index (κ1) is 12.1. The summed E-state index contributed by atoms with van der Waals surface area (Å²) in [5.74, 6) is 1.26. The maximum absolute atomic E-state index is 11.5. The van der Waals surface area contributed by atoms with Crippen LogP contribution in [0.3, 0.4) is 0 Å². The zero-order chi connectivity index (χ0) is 12.3. The lowest BCUT2D eigenvalue weighted by Crippen LogP contribution is -2.20. The van der Waals surface area contributed by atoms with Crippen molar-refractivity contribution in [2.45, 2.75) is 18.6 Å². The first-order chi connectivity index (χ1) is 8.16. The van der Waals surface area contributed by atoms with E-state index >= 15 is 0 Å². The van der Waals surface area contributed by atoms with Crippen LogP contribution in [0.15, 0.2) is 18.2 Å². The highest BCUT2D eigenvalue weighted by molar-refractivity contribution is 7.81. The summed E-state index contributed by atoms with van der Waals surface area (Å²) in [6, 6.07) is 5.37. The maximum atomic E-state index is 11.5. The topological polar surface area (TPSA) is 47.6 Å². The van der Waals surface area contributed by atoms with Crippen LogP contribution in [0.1, 0.15) is 13.3 Å². The van der Waals surface area contributed by atoms with E-state index in [2.05, 4.69) is 17.9 Å². The lowest BCUT2D eigenvalue weighted by atomic mass is 10.2. The zero-order valence-electron chi connectivity index (χ0n) is 9.60. The summed E-state index contributed by atoms with van der Waals surface area (Å²) >= 11 is 4.07. The molecule has 0 saturated heterocycles. The molecule has 1 aliphatic heterocycles. The predicted octanol–water partition coefficient (Wildman–Crippen LogP) is 2.10. The highest BCUT2D eigenvalue weighted by atomic mass is 32.1. The van der Waals surface area contributed by atoms with Crippen LogP contribution in [-0.2, 0) is 4.79 Å². The normalized spacial score (nSPS) is 15.9. The number of anilines is 1. The van der Waals surface area contributed by atoms with Crippen LogP contribution in [0.4, 0.5) is 5.69 Å². The van der Waals surface area contributed by atoms with E-state index in [0.29, 0.717) is 24.7 Å². The Morgan fingerprint density at radius 2 is 2.06 bits per heavy atom. The predicted molar refractivity (Wildman–Crippen MR) is 69.1 cm³/mol. The number of hydrogen-bond donors (Lipinski definition) is 2. The number of rotatable bonds is 2. The summed E-state index contributed by atoms with van der Waals surface area (Å²) in [6.45, 7) is 3.02. The Bertz CT molecular complexity index is 420. The molecule has 4 nitrogen and oxygen atoms in total. The van der Waals surface area contributed by atoms with E-state index in [1.165, 1.54) is 0 Å². The first-order valence-electron chi connectivity index (χ1n) is 5.55. The number of fused-ring (bicyclic) bond motifs is 1. The molecule has 0 fully saturated rings. The molecule has 1 aromatic carbocycles. The lowest BCUT2D eigenvalue weighted by molar-refractivity contribution is -0.115. The highest BCUT2D eigenvalue weighted by Crippen LogP contribution is 2.32. The first-order valence-corrected chi connectivity index (χ1v) is 6.07. The molecule has 0 aliphatic carbocycles. The van der Waals surface area contributed by atoms with Gasteiger partial charge in [-0.15, -0.1) is 0 Å². The average molecular weight is 253 g/mol. The van der Waals surface area contributed by atoms with Crippen molar-refractivity contribution in [1.82, 2.24) is 0 Å². The van der Waals surface area contributed by atoms with E-state index < -0.39 is 0 Å². The van der Waals surface area contributed by atoms with Crippen molar-refractivity contribution in [2.24, 2.45) is 0 Å². The third-order valence-electron chi connectivity index (χ3n) is 2.39. The largest absolute Gasteiger partial charge is 0.490 e. The minimum Gasteiger partial charge on any atom is -0.490 e. The minimum atomic E-state index is -0.342. The van der Waals surface area contributed by atoms with E-state index in [1.54, 1.807) is 25.1 Å². The summed E-state index contributed by atoms with van der Waals surface area (Å²) in [5.41, 5.74) is 0.695. The molecule has 0 bridgehead atoms. The van der Waals surface area contributed by atoms with Crippen molar-refractivity contribution in [3.8, 4) is 11.5 Å². The number of nitrogens with one attached hydrogen (secondary N) is 1. The van der Waals surface area contributed by atoms with Gasteiger partial charge in [0.25, 0.3) is 0 Å². The number of benzene rings is 1. The summed E-state index contributed by atoms with van der Waals surface area (Å²) in [4.78, 5) is 11.5. The number of ether oxygens (including phenoxy) is 2. The standard InChI is InChI=1S/C12H15NO3S/c1-8(17)12(14)13-9-3-4-10-11(7-9)16-6-2-5-15-10/h3-4,7-8,17H,2,5-6H2,1H3,(H,13,14). The fraction of sp³-hybridized carbons (Fsp3) is 0.417. The molecule has 1 amide bonds. The number of carbonyl (C=O) groups is 1. The number of hydrogen-bond acceptors (Lipinski definition) is 4. The van der Waals surface area contributed by atoms with Gasteiger partial charge in [0, 0.05) is 18.2 Å². The molecular weight excluding hydrogens is 238 g/mol. The molecule has 1 aliphatic rings. The second kappa shape index (κ2) is 5.31. The SMILES string of the molecule is CC(S)C(=O)Nc1ccc2c(c1)OCCCO2. The van der Waals surface area contributed by atoms with E-state index in [-0.39, 0.29) is 11.2 Å².